The third-order valence-electron chi connectivity index (χ3n) is 5.46. The van der Waals surface area contributed by atoms with Crippen LogP contribution in [0.25, 0.3) is 0 Å². The summed E-state index contributed by atoms with van der Waals surface area (Å²) in [6.07, 6.45) is 2.02. The van der Waals surface area contributed by atoms with Gasteiger partial charge in [0.15, 0.2) is 5.16 Å². The second-order valence-corrected chi connectivity index (χ2v) is 10.3. The Morgan fingerprint density at radius 3 is 2.68 bits per heavy atom. The standard InChI is InChI=1S/C23H28Cl3N5O2S/c1-3-4-22(33)31-10-9-30(13-15(31)2)20-12-19(26)28-23(29-20)34-14-21(32)27-8-7-16-5-6-17(24)11-18(16)25/h5-6,11-12,15H,3-4,7-10,13-14H2,1-2H3,(H,27,32). The van der Waals surface area contributed by atoms with Crippen LogP contribution in [0.1, 0.15) is 32.3 Å². The number of hydrogen-bond acceptors (Lipinski definition) is 6. The Labute approximate surface area is 219 Å². The van der Waals surface area contributed by atoms with Crippen LogP contribution in [-0.2, 0) is 16.0 Å². The number of halogens is 3. The second kappa shape index (κ2) is 12.8. The van der Waals surface area contributed by atoms with Crippen LogP contribution in [0.5, 0.6) is 0 Å². The van der Waals surface area contributed by atoms with E-state index in [0.717, 1.165) is 12.0 Å². The summed E-state index contributed by atoms with van der Waals surface area (Å²) < 4.78 is 0. The van der Waals surface area contributed by atoms with Gasteiger partial charge in [-0.1, -0.05) is 59.6 Å². The van der Waals surface area contributed by atoms with Crippen molar-refractivity contribution in [3.8, 4) is 0 Å². The lowest BCUT2D eigenvalue weighted by atomic mass is 10.1. The molecule has 1 aliphatic heterocycles. The van der Waals surface area contributed by atoms with Crippen LogP contribution in [0.4, 0.5) is 5.82 Å². The first kappa shape index (κ1) is 26.9. The lowest BCUT2D eigenvalue weighted by Gasteiger charge is -2.40. The summed E-state index contributed by atoms with van der Waals surface area (Å²) in [4.78, 5) is 37.5. The highest BCUT2D eigenvalue weighted by Crippen LogP contribution is 2.24. The molecule has 0 radical (unpaired) electrons. The highest BCUT2D eigenvalue weighted by molar-refractivity contribution is 7.99. The summed E-state index contributed by atoms with van der Waals surface area (Å²) in [6.45, 7) is 6.49. The normalized spacial score (nSPS) is 16.0. The lowest BCUT2D eigenvalue weighted by molar-refractivity contribution is -0.133. The molecular formula is C23H28Cl3N5O2S. The Balaban J connectivity index is 1.51. The maximum Gasteiger partial charge on any atom is 0.230 e. The molecule has 1 saturated heterocycles. The van der Waals surface area contributed by atoms with E-state index in [1.54, 1.807) is 18.2 Å². The number of rotatable bonds is 9. The second-order valence-electron chi connectivity index (χ2n) is 8.09. The first-order valence-corrected chi connectivity index (χ1v) is 13.3. The molecule has 1 aromatic heterocycles. The number of nitrogens with zero attached hydrogens (tertiary/aromatic N) is 4. The number of benzene rings is 1. The monoisotopic (exact) mass is 543 g/mol. The molecule has 7 nitrogen and oxygen atoms in total. The Bertz CT molecular complexity index is 1030. The zero-order valence-corrected chi connectivity index (χ0v) is 22.3. The molecule has 3 rings (SSSR count). The average molecular weight is 545 g/mol. The van der Waals surface area contributed by atoms with Gasteiger partial charge in [-0.3, -0.25) is 9.59 Å². The van der Waals surface area contributed by atoms with Crippen molar-refractivity contribution in [3.63, 3.8) is 0 Å². The fourth-order valence-corrected chi connectivity index (χ4v) is 5.16. The zero-order valence-electron chi connectivity index (χ0n) is 19.2. The van der Waals surface area contributed by atoms with E-state index in [9.17, 15) is 9.59 Å². The van der Waals surface area contributed by atoms with Gasteiger partial charge in [0.05, 0.1) is 5.75 Å². The maximum atomic E-state index is 12.3. The van der Waals surface area contributed by atoms with Gasteiger partial charge in [0.1, 0.15) is 11.0 Å². The van der Waals surface area contributed by atoms with Crippen molar-refractivity contribution < 1.29 is 9.59 Å². The third-order valence-corrected chi connectivity index (χ3v) is 7.09. The van der Waals surface area contributed by atoms with Gasteiger partial charge < -0.3 is 15.1 Å². The molecule has 11 heteroatoms. The van der Waals surface area contributed by atoms with Gasteiger partial charge in [0.25, 0.3) is 0 Å². The van der Waals surface area contributed by atoms with E-state index in [-0.39, 0.29) is 23.6 Å². The summed E-state index contributed by atoms with van der Waals surface area (Å²) in [5.74, 6) is 0.937. The smallest absolute Gasteiger partial charge is 0.230 e. The summed E-state index contributed by atoms with van der Waals surface area (Å²) >= 11 is 19.6. The lowest BCUT2D eigenvalue weighted by Crippen LogP contribution is -2.54. The van der Waals surface area contributed by atoms with Gasteiger partial charge in [-0.05, 0) is 37.5 Å². The third kappa shape index (κ3) is 7.63. The number of carbonyl (C=O) groups excluding carboxylic acids is 2. The topological polar surface area (TPSA) is 78.4 Å². The largest absolute Gasteiger partial charge is 0.355 e. The molecule has 0 aliphatic carbocycles. The van der Waals surface area contributed by atoms with Crippen LogP contribution >= 0.6 is 46.6 Å². The van der Waals surface area contributed by atoms with Crippen molar-refractivity contribution in [1.82, 2.24) is 20.2 Å². The minimum Gasteiger partial charge on any atom is -0.355 e. The Morgan fingerprint density at radius 1 is 1.18 bits per heavy atom. The van der Waals surface area contributed by atoms with Crippen molar-refractivity contribution in [1.29, 1.82) is 0 Å². The van der Waals surface area contributed by atoms with Crippen molar-refractivity contribution in [2.45, 2.75) is 44.3 Å². The van der Waals surface area contributed by atoms with Crippen molar-refractivity contribution in [2.75, 3.05) is 36.8 Å². The van der Waals surface area contributed by atoms with Crippen LogP contribution in [0, 0.1) is 0 Å². The Hall–Kier alpha value is -1.74. The van der Waals surface area contributed by atoms with E-state index >= 15 is 0 Å². The van der Waals surface area contributed by atoms with Crippen LogP contribution in [0.15, 0.2) is 29.4 Å². The number of nitrogens with one attached hydrogen (secondary N) is 1. The number of thioether (sulfide) groups is 1. The molecule has 1 aromatic carbocycles. The first-order valence-electron chi connectivity index (χ1n) is 11.2. The number of carbonyl (C=O) groups is 2. The van der Waals surface area contributed by atoms with Gasteiger partial charge in [0.2, 0.25) is 11.8 Å². The van der Waals surface area contributed by atoms with Crippen LogP contribution in [0.2, 0.25) is 15.2 Å². The number of amides is 2. The fourth-order valence-electron chi connectivity index (χ4n) is 3.75. The molecule has 184 valence electrons. The van der Waals surface area contributed by atoms with E-state index in [0.29, 0.717) is 65.2 Å². The molecule has 1 fully saturated rings. The van der Waals surface area contributed by atoms with Gasteiger partial charge in [-0.2, -0.15) is 0 Å². The highest BCUT2D eigenvalue weighted by atomic mass is 35.5. The SMILES string of the molecule is CCCC(=O)N1CCN(c2cc(Cl)nc(SCC(=O)NCCc3ccc(Cl)cc3Cl)n2)CC1C. The van der Waals surface area contributed by atoms with Crippen molar-refractivity contribution in [2.24, 2.45) is 0 Å². The number of aromatic nitrogens is 2. The molecule has 2 heterocycles. The first-order chi connectivity index (χ1) is 16.3. The van der Waals surface area contributed by atoms with E-state index < -0.39 is 0 Å². The molecule has 34 heavy (non-hydrogen) atoms. The van der Waals surface area contributed by atoms with Crippen LogP contribution < -0.4 is 10.2 Å². The minimum absolute atomic E-state index is 0.0811. The molecule has 1 aliphatic rings. The molecule has 2 amide bonds. The molecule has 1 unspecified atom stereocenters. The van der Waals surface area contributed by atoms with Crippen molar-refractivity contribution >= 4 is 64.2 Å². The average Bonchev–Trinajstić information content (AvgIpc) is 2.79. The number of piperazine rings is 1. The molecular weight excluding hydrogens is 517 g/mol. The van der Waals surface area contributed by atoms with E-state index in [4.69, 9.17) is 34.8 Å². The molecule has 0 saturated carbocycles. The zero-order chi connectivity index (χ0) is 24.7. The van der Waals surface area contributed by atoms with Gasteiger partial charge in [0, 0.05) is 54.8 Å². The fraction of sp³-hybridized carbons (Fsp3) is 0.478. The molecule has 2 aromatic rings. The Morgan fingerprint density at radius 2 is 1.97 bits per heavy atom. The number of hydrogen-bond donors (Lipinski definition) is 1. The molecule has 1 atom stereocenters. The summed E-state index contributed by atoms with van der Waals surface area (Å²) in [5.41, 5.74) is 0.924. The highest BCUT2D eigenvalue weighted by Gasteiger charge is 2.28. The predicted octanol–water partition coefficient (Wildman–Crippen LogP) is 4.73. The van der Waals surface area contributed by atoms with Crippen LogP contribution in [0.3, 0.4) is 0 Å². The summed E-state index contributed by atoms with van der Waals surface area (Å²) in [7, 11) is 0. The van der Waals surface area contributed by atoms with E-state index in [2.05, 4.69) is 20.2 Å². The van der Waals surface area contributed by atoms with E-state index in [1.807, 2.05) is 24.8 Å². The molecule has 1 N–H and O–H groups in total. The maximum absolute atomic E-state index is 12.3. The predicted molar refractivity (Wildman–Crippen MR) is 139 cm³/mol. The minimum atomic E-state index is -0.128. The van der Waals surface area contributed by atoms with E-state index in [1.165, 1.54) is 11.8 Å². The Kier molecular flexibility index (Phi) is 10.1. The molecule has 0 bridgehead atoms. The molecule has 0 spiro atoms. The summed E-state index contributed by atoms with van der Waals surface area (Å²) in [5, 5.41) is 4.81. The quantitative estimate of drug-likeness (QED) is 0.279. The van der Waals surface area contributed by atoms with Gasteiger partial charge in [-0.15, -0.1) is 0 Å². The van der Waals surface area contributed by atoms with Crippen molar-refractivity contribution in [3.05, 3.63) is 45.0 Å². The number of anilines is 1. The van der Waals surface area contributed by atoms with Crippen LogP contribution in [-0.4, -0.2) is 64.7 Å². The van der Waals surface area contributed by atoms with Gasteiger partial charge >= 0.3 is 0 Å². The summed E-state index contributed by atoms with van der Waals surface area (Å²) in [6, 6.07) is 7.12. The van der Waals surface area contributed by atoms with Gasteiger partial charge in [-0.25, -0.2) is 9.97 Å².